The van der Waals surface area contributed by atoms with Gasteiger partial charge in [0.05, 0.1) is 0 Å². The minimum Gasteiger partial charge on any atom is -0.160 e. The third kappa shape index (κ3) is 12.3. The van der Waals surface area contributed by atoms with Crippen LogP contribution in [0.3, 0.4) is 0 Å². The lowest BCUT2D eigenvalue weighted by atomic mass is 10.5. The Morgan fingerprint density at radius 1 is 0.455 bits per heavy atom. The lowest BCUT2D eigenvalue weighted by Crippen LogP contribution is -2.26. The molecule has 0 aromatic rings. The van der Waals surface area contributed by atoms with Gasteiger partial charge in [-0.3, -0.25) is 0 Å². The van der Waals surface area contributed by atoms with Crippen LogP contribution in [0.1, 0.15) is 0 Å². The second-order valence-corrected chi connectivity index (χ2v) is 22.2. The fraction of sp³-hybridized carbons (Fsp3) is 1.00. The van der Waals surface area contributed by atoms with E-state index in [2.05, 4.69) is 129 Å². The van der Waals surface area contributed by atoms with Crippen LogP contribution in [0.2, 0.25) is 0 Å². The van der Waals surface area contributed by atoms with Crippen molar-refractivity contribution in [2.75, 3.05) is 92.0 Å². The Balaban J connectivity index is 1.14. The molecule has 0 aromatic carbocycles. The molecule has 0 aliphatic carbocycles. The number of rotatable bonds is 20. The van der Waals surface area contributed by atoms with Gasteiger partial charge in [-0.15, -0.1) is 0 Å². The summed E-state index contributed by atoms with van der Waals surface area (Å²) in [5.41, 5.74) is 0. The van der Waals surface area contributed by atoms with Gasteiger partial charge in [-0.05, 0) is 0 Å². The molecule has 4 aliphatic heterocycles. The molecule has 0 nitrogen and oxygen atoms in total. The summed E-state index contributed by atoms with van der Waals surface area (Å²) in [6.07, 6.45) is 0. The molecule has 0 saturated carbocycles. The quantitative estimate of drug-likeness (QED) is 0.121. The van der Waals surface area contributed by atoms with Gasteiger partial charge >= 0.3 is 0 Å². The summed E-state index contributed by atoms with van der Waals surface area (Å²) in [7, 11) is 0. The van der Waals surface area contributed by atoms with Crippen molar-refractivity contribution >= 4 is 129 Å². The number of hydrogen-bond acceptors (Lipinski definition) is 11. The van der Waals surface area contributed by atoms with Crippen molar-refractivity contribution in [2.24, 2.45) is 0 Å². The first-order chi connectivity index (χ1) is 16.3. The topological polar surface area (TPSA) is 0 Å². The highest BCUT2D eigenvalue weighted by atomic mass is 32.2. The first-order valence-electron chi connectivity index (χ1n) is 11.9. The second kappa shape index (κ2) is 18.2. The van der Waals surface area contributed by atoms with Crippen molar-refractivity contribution in [2.45, 2.75) is 31.5 Å². The van der Waals surface area contributed by atoms with E-state index in [-0.39, 0.29) is 0 Å². The van der Waals surface area contributed by atoms with Crippen LogP contribution >= 0.6 is 129 Å². The van der Waals surface area contributed by atoms with Crippen molar-refractivity contribution in [3.8, 4) is 0 Å². The molecule has 33 heavy (non-hydrogen) atoms. The number of thioether (sulfide) groups is 11. The van der Waals surface area contributed by atoms with Gasteiger partial charge < -0.3 is 0 Å². The van der Waals surface area contributed by atoms with E-state index in [0.29, 0.717) is 0 Å². The summed E-state index contributed by atoms with van der Waals surface area (Å²) in [6, 6.07) is 0. The van der Waals surface area contributed by atoms with Gasteiger partial charge in [0, 0.05) is 124 Å². The standard InChI is InChI=1S/C22H38S11/c1(2-28-17-6-24-7-17)23-5-21(14-31-19-10-26-11-19)33-16-22(15-32-20-12-27-13-20)30-4-3-29-18-8-25-9-18/h17-22H,1-16H2. The summed E-state index contributed by atoms with van der Waals surface area (Å²) < 4.78 is 0. The fourth-order valence-corrected chi connectivity index (χ4v) is 18.1. The fourth-order valence-electron chi connectivity index (χ4n) is 3.18. The van der Waals surface area contributed by atoms with Gasteiger partial charge in [0.1, 0.15) is 0 Å². The Labute approximate surface area is 250 Å². The van der Waals surface area contributed by atoms with Crippen LogP contribution in [0.4, 0.5) is 0 Å². The highest BCUT2D eigenvalue weighted by Crippen LogP contribution is 2.36. The molecule has 11 heteroatoms. The molecule has 4 fully saturated rings. The van der Waals surface area contributed by atoms with Crippen molar-refractivity contribution in [1.29, 1.82) is 0 Å². The number of hydrogen-bond donors (Lipinski definition) is 0. The third-order valence-corrected chi connectivity index (χ3v) is 22.9. The lowest BCUT2D eigenvalue weighted by Gasteiger charge is -2.29. The van der Waals surface area contributed by atoms with E-state index in [1.54, 1.807) is 0 Å². The van der Waals surface area contributed by atoms with Crippen molar-refractivity contribution in [3.63, 3.8) is 0 Å². The molecule has 0 aromatic heterocycles. The van der Waals surface area contributed by atoms with Gasteiger partial charge in [0.2, 0.25) is 0 Å². The predicted octanol–water partition coefficient (Wildman–Crippen LogP) is 7.32. The van der Waals surface area contributed by atoms with E-state index in [0.717, 1.165) is 31.5 Å². The molecule has 0 amide bonds. The molecule has 0 bridgehead atoms. The summed E-state index contributed by atoms with van der Waals surface area (Å²) in [4.78, 5) is 0. The zero-order chi connectivity index (χ0) is 22.6. The molecular formula is C22H38S11. The minimum atomic E-state index is 0.851. The average molecular weight is 655 g/mol. The zero-order valence-corrected chi connectivity index (χ0v) is 28.3. The Hall–Kier alpha value is 3.85. The Morgan fingerprint density at radius 3 is 1.39 bits per heavy atom. The zero-order valence-electron chi connectivity index (χ0n) is 19.3. The van der Waals surface area contributed by atoms with Gasteiger partial charge in [-0.25, -0.2) is 0 Å². The molecule has 4 heterocycles. The maximum atomic E-state index is 2.34. The van der Waals surface area contributed by atoms with Gasteiger partial charge in [0.25, 0.3) is 0 Å². The summed E-state index contributed by atoms with van der Waals surface area (Å²) >= 11 is 24.4. The Kier molecular flexibility index (Phi) is 16.5. The van der Waals surface area contributed by atoms with E-state index in [9.17, 15) is 0 Å². The first kappa shape index (κ1) is 29.8. The molecule has 4 aliphatic rings. The van der Waals surface area contributed by atoms with E-state index in [4.69, 9.17) is 0 Å². The molecule has 2 atom stereocenters. The molecule has 2 unspecified atom stereocenters. The van der Waals surface area contributed by atoms with Crippen LogP contribution in [0.15, 0.2) is 0 Å². The van der Waals surface area contributed by atoms with E-state index >= 15 is 0 Å². The maximum Gasteiger partial charge on any atom is 0.0229 e. The van der Waals surface area contributed by atoms with Gasteiger partial charge in [-0.1, -0.05) is 0 Å². The smallest absolute Gasteiger partial charge is 0.0229 e. The summed E-state index contributed by atoms with van der Waals surface area (Å²) in [6.45, 7) is 0. The molecule has 0 radical (unpaired) electrons. The van der Waals surface area contributed by atoms with Crippen LogP contribution in [0, 0.1) is 0 Å². The molecule has 4 rings (SSSR count). The Morgan fingerprint density at radius 2 is 0.909 bits per heavy atom. The first-order valence-corrected chi connectivity index (χ1v) is 24.0. The molecule has 0 N–H and O–H groups in total. The summed E-state index contributed by atoms with van der Waals surface area (Å²) in [5.74, 6) is 22.2. The molecular weight excluding hydrogens is 617 g/mol. The van der Waals surface area contributed by atoms with Gasteiger partial charge in [0.15, 0.2) is 0 Å². The molecule has 4 saturated heterocycles. The van der Waals surface area contributed by atoms with Crippen molar-refractivity contribution < 1.29 is 0 Å². The Bertz CT molecular complexity index is 509. The SMILES string of the molecule is C(CSC1CSC1)SCC(CSC1CSC1)SCC(CSC1CSC1)SCCSC1CSC1. The monoisotopic (exact) mass is 654 g/mol. The molecule has 192 valence electrons. The van der Waals surface area contributed by atoms with Crippen LogP contribution in [-0.4, -0.2) is 124 Å². The largest absolute Gasteiger partial charge is 0.160 e. The second-order valence-electron chi connectivity index (χ2n) is 8.57. The minimum absolute atomic E-state index is 0.851. The van der Waals surface area contributed by atoms with E-state index < -0.39 is 0 Å². The van der Waals surface area contributed by atoms with Gasteiger partial charge in [-0.2, -0.15) is 129 Å². The highest BCUT2D eigenvalue weighted by molar-refractivity contribution is 8.11. The lowest BCUT2D eigenvalue weighted by molar-refractivity contribution is 1.05. The van der Waals surface area contributed by atoms with Crippen LogP contribution in [0.5, 0.6) is 0 Å². The van der Waals surface area contributed by atoms with E-state index in [1.807, 2.05) is 0 Å². The normalized spacial score (nSPS) is 24.0. The van der Waals surface area contributed by atoms with Crippen LogP contribution in [-0.2, 0) is 0 Å². The third-order valence-electron chi connectivity index (χ3n) is 5.66. The summed E-state index contributed by atoms with van der Waals surface area (Å²) in [5, 5.41) is 5.54. The van der Waals surface area contributed by atoms with Crippen LogP contribution < -0.4 is 0 Å². The molecule has 0 spiro atoms. The highest BCUT2D eigenvalue weighted by Gasteiger charge is 2.24. The van der Waals surface area contributed by atoms with Crippen molar-refractivity contribution in [3.05, 3.63) is 0 Å². The predicted molar refractivity (Wildman–Crippen MR) is 184 cm³/mol. The maximum absolute atomic E-state index is 2.34. The average Bonchev–Trinajstić information content (AvgIpc) is 2.67. The van der Waals surface area contributed by atoms with Crippen molar-refractivity contribution in [1.82, 2.24) is 0 Å². The van der Waals surface area contributed by atoms with E-state index in [1.165, 1.54) is 92.0 Å². The van der Waals surface area contributed by atoms with Crippen LogP contribution in [0.25, 0.3) is 0 Å².